The lowest BCUT2D eigenvalue weighted by Gasteiger charge is -2.00. The summed E-state index contributed by atoms with van der Waals surface area (Å²) in [6.07, 6.45) is 0. The standard InChI is InChI=1S/C19H12FN5O2S2/c20-10-4-3-5-11(8-10)21-18-24-25-19(29-18)28-9-14-22-15-12-6-1-2-7-13(12)27-16(15)17(26)23-14/h1-8H,9H2,(H,21,24)(H,22,23,26). The van der Waals surface area contributed by atoms with Crippen LogP contribution in [-0.2, 0) is 5.75 Å². The van der Waals surface area contributed by atoms with Crippen LogP contribution in [0.2, 0.25) is 0 Å². The first-order chi connectivity index (χ1) is 14.2. The van der Waals surface area contributed by atoms with Crippen molar-refractivity contribution < 1.29 is 8.81 Å². The van der Waals surface area contributed by atoms with Gasteiger partial charge in [0.15, 0.2) is 4.34 Å². The number of fused-ring (bicyclic) bond motifs is 3. The van der Waals surface area contributed by atoms with Crippen LogP contribution in [0, 0.1) is 5.82 Å². The van der Waals surface area contributed by atoms with E-state index in [1.807, 2.05) is 18.2 Å². The second-order valence-electron chi connectivity index (χ2n) is 6.09. The molecule has 0 aliphatic heterocycles. The number of hydrogen-bond acceptors (Lipinski definition) is 8. The fourth-order valence-corrected chi connectivity index (χ4v) is 4.50. The Morgan fingerprint density at radius 2 is 2.07 bits per heavy atom. The molecule has 144 valence electrons. The summed E-state index contributed by atoms with van der Waals surface area (Å²) in [4.78, 5) is 19.7. The van der Waals surface area contributed by atoms with Crippen molar-refractivity contribution in [1.29, 1.82) is 0 Å². The maximum atomic E-state index is 13.3. The van der Waals surface area contributed by atoms with Gasteiger partial charge in [0.1, 0.15) is 22.7 Å². The third kappa shape index (κ3) is 3.59. The molecule has 0 saturated carbocycles. The van der Waals surface area contributed by atoms with Crippen LogP contribution in [0.15, 0.2) is 62.1 Å². The second kappa shape index (κ2) is 7.30. The van der Waals surface area contributed by atoms with Crippen molar-refractivity contribution in [1.82, 2.24) is 20.2 Å². The number of rotatable bonds is 5. The number of aromatic nitrogens is 4. The molecule has 0 amide bonds. The van der Waals surface area contributed by atoms with Crippen LogP contribution < -0.4 is 10.9 Å². The quantitative estimate of drug-likeness (QED) is 0.394. The minimum Gasteiger partial charge on any atom is -0.449 e. The van der Waals surface area contributed by atoms with E-state index in [0.29, 0.717) is 37.8 Å². The van der Waals surface area contributed by atoms with Gasteiger partial charge in [-0.2, -0.15) is 0 Å². The van der Waals surface area contributed by atoms with Gasteiger partial charge in [0.2, 0.25) is 10.7 Å². The predicted octanol–water partition coefficient (Wildman–Crippen LogP) is 4.70. The molecule has 0 unspecified atom stereocenters. The van der Waals surface area contributed by atoms with Gasteiger partial charge in [0, 0.05) is 11.1 Å². The molecule has 2 N–H and O–H groups in total. The van der Waals surface area contributed by atoms with Crippen LogP contribution >= 0.6 is 23.1 Å². The van der Waals surface area contributed by atoms with Crippen molar-refractivity contribution in [2.24, 2.45) is 0 Å². The highest BCUT2D eigenvalue weighted by Gasteiger charge is 2.14. The number of thioether (sulfide) groups is 1. The average molecular weight is 425 g/mol. The SMILES string of the molecule is O=c1[nH]c(CSc2nnc(Nc3cccc(F)c3)s2)nc2c1oc1ccccc12. The van der Waals surface area contributed by atoms with Gasteiger partial charge in [0.05, 0.1) is 5.75 Å². The summed E-state index contributed by atoms with van der Waals surface area (Å²) in [7, 11) is 0. The lowest BCUT2D eigenvalue weighted by atomic mass is 10.2. The lowest BCUT2D eigenvalue weighted by Crippen LogP contribution is -2.10. The highest BCUT2D eigenvalue weighted by atomic mass is 32.2. The Labute approximate surface area is 171 Å². The maximum Gasteiger partial charge on any atom is 0.294 e. The van der Waals surface area contributed by atoms with Crippen molar-refractivity contribution in [3.8, 4) is 0 Å². The monoisotopic (exact) mass is 425 g/mol. The molecule has 3 heterocycles. The first-order valence-corrected chi connectivity index (χ1v) is 10.4. The lowest BCUT2D eigenvalue weighted by molar-refractivity contribution is 0.628. The second-order valence-corrected chi connectivity index (χ2v) is 8.29. The normalized spacial score (nSPS) is 11.3. The molecule has 0 bridgehead atoms. The minimum atomic E-state index is -0.327. The number of benzene rings is 2. The first kappa shape index (κ1) is 17.8. The largest absolute Gasteiger partial charge is 0.449 e. The smallest absolute Gasteiger partial charge is 0.294 e. The van der Waals surface area contributed by atoms with E-state index in [4.69, 9.17) is 4.42 Å². The summed E-state index contributed by atoms with van der Waals surface area (Å²) >= 11 is 2.73. The summed E-state index contributed by atoms with van der Waals surface area (Å²) in [5.74, 6) is 0.611. The molecular formula is C19H12FN5O2S2. The van der Waals surface area contributed by atoms with Crippen LogP contribution in [0.1, 0.15) is 5.82 Å². The summed E-state index contributed by atoms with van der Waals surface area (Å²) in [5.41, 5.74) is 1.68. The van der Waals surface area contributed by atoms with Gasteiger partial charge in [-0.3, -0.25) is 4.79 Å². The fraction of sp³-hybridized carbons (Fsp3) is 0.0526. The molecule has 0 saturated heterocycles. The van der Waals surface area contributed by atoms with Crippen molar-refractivity contribution in [3.05, 3.63) is 70.5 Å². The number of hydrogen-bond donors (Lipinski definition) is 2. The molecule has 5 aromatic rings. The van der Waals surface area contributed by atoms with Gasteiger partial charge < -0.3 is 14.7 Å². The van der Waals surface area contributed by atoms with Gasteiger partial charge in [-0.1, -0.05) is 41.3 Å². The summed E-state index contributed by atoms with van der Waals surface area (Å²) in [5, 5.41) is 12.5. The molecule has 3 aromatic heterocycles. The van der Waals surface area contributed by atoms with E-state index in [9.17, 15) is 9.18 Å². The van der Waals surface area contributed by atoms with Crippen LogP contribution in [0.25, 0.3) is 22.1 Å². The van der Waals surface area contributed by atoms with Crippen LogP contribution in [0.5, 0.6) is 0 Å². The number of H-pyrrole nitrogens is 1. The van der Waals surface area contributed by atoms with Crippen molar-refractivity contribution in [2.45, 2.75) is 10.1 Å². The molecule has 5 rings (SSSR count). The molecule has 0 atom stereocenters. The molecule has 0 fully saturated rings. The van der Waals surface area contributed by atoms with Crippen molar-refractivity contribution in [2.75, 3.05) is 5.32 Å². The summed E-state index contributed by atoms with van der Waals surface area (Å²) in [6, 6.07) is 13.5. The van der Waals surface area contributed by atoms with Crippen molar-refractivity contribution in [3.63, 3.8) is 0 Å². The first-order valence-electron chi connectivity index (χ1n) is 8.55. The molecule has 7 nitrogen and oxygen atoms in total. The van der Waals surface area contributed by atoms with Gasteiger partial charge in [-0.15, -0.1) is 10.2 Å². The Morgan fingerprint density at radius 1 is 1.17 bits per heavy atom. The predicted molar refractivity (Wildman–Crippen MR) is 111 cm³/mol. The molecule has 0 radical (unpaired) electrons. The van der Waals surface area contributed by atoms with E-state index in [1.54, 1.807) is 18.2 Å². The molecule has 10 heteroatoms. The van der Waals surface area contributed by atoms with Crippen molar-refractivity contribution >= 4 is 56.0 Å². The maximum absolute atomic E-state index is 13.3. The molecule has 2 aromatic carbocycles. The molecule has 0 aliphatic rings. The minimum absolute atomic E-state index is 0.220. The third-order valence-electron chi connectivity index (χ3n) is 4.09. The van der Waals surface area contributed by atoms with Crippen LogP contribution in [0.3, 0.4) is 0 Å². The van der Waals surface area contributed by atoms with E-state index in [0.717, 1.165) is 5.39 Å². The number of nitrogens with zero attached hydrogens (tertiary/aromatic N) is 3. The van der Waals surface area contributed by atoms with E-state index in [1.165, 1.54) is 35.2 Å². The Kier molecular flexibility index (Phi) is 4.49. The zero-order valence-electron chi connectivity index (χ0n) is 14.7. The van der Waals surface area contributed by atoms with Crippen LogP contribution in [0.4, 0.5) is 15.2 Å². The zero-order valence-corrected chi connectivity index (χ0v) is 16.3. The van der Waals surface area contributed by atoms with Gasteiger partial charge >= 0.3 is 0 Å². The molecule has 0 aliphatic carbocycles. The number of para-hydroxylation sites is 1. The topological polar surface area (TPSA) is 96.7 Å². The highest BCUT2D eigenvalue weighted by molar-refractivity contribution is 8.00. The average Bonchev–Trinajstić information content (AvgIpc) is 3.31. The number of nitrogens with one attached hydrogen (secondary N) is 2. The Bertz CT molecular complexity index is 1390. The Hall–Kier alpha value is -3.24. The van der Waals surface area contributed by atoms with Gasteiger partial charge in [-0.25, -0.2) is 9.37 Å². The fourth-order valence-electron chi connectivity index (χ4n) is 2.85. The van der Waals surface area contributed by atoms with Gasteiger partial charge in [-0.05, 0) is 30.3 Å². The molecular weight excluding hydrogens is 413 g/mol. The number of halogens is 1. The van der Waals surface area contributed by atoms with E-state index >= 15 is 0 Å². The van der Waals surface area contributed by atoms with Crippen LogP contribution in [-0.4, -0.2) is 20.2 Å². The van der Waals surface area contributed by atoms with Gasteiger partial charge in [0.25, 0.3) is 5.56 Å². The Morgan fingerprint density at radius 3 is 2.97 bits per heavy atom. The molecule has 29 heavy (non-hydrogen) atoms. The number of aromatic amines is 1. The Balaban J connectivity index is 1.35. The third-order valence-corrected chi connectivity index (χ3v) is 6.08. The van der Waals surface area contributed by atoms with E-state index in [2.05, 4.69) is 25.5 Å². The number of anilines is 2. The summed E-state index contributed by atoms with van der Waals surface area (Å²) in [6.45, 7) is 0. The summed E-state index contributed by atoms with van der Waals surface area (Å²) < 4.78 is 19.6. The highest BCUT2D eigenvalue weighted by Crippen LogP contribution is 2.30. The van der Waals surface area contributed by atoms with E-state index in [-0.39, 0.29) is 17.0 Å². The number of furan rings is 1. The molecule has 0 spiro atoms. The van der Waals surface area contributed by atoms with E-state index < -0.39 is 0 Å². The zero-order chi connectivity index (χ0) is 19.8.